The molecule has 1 nitrogen and oxygen atoms in total. The number of hydrogen-bond acceptors (Lipinski definition) is 1. The minimum atomic E-state index is 0.340. The summed E-state index contributed by atoms with van der Waals surface area (Å²) in [5.41, 5.74) is 2.65. The molecule has 0 bridgehead atoms. The highest BCUT2D eigenvalue weighted by atomic mass is 16.5. The molecule has 1 fully saturated rings. The Kier molecular flexibility index (Phi) is 2.87. The minimum Gasteiger partial charge on any atom is -0.373 e. The van der Waals surface area contributed by atoms with Crippen LogP contribution in [0.5, 0.6) is 0 Å². The van der Waals surface area contributed by atoms with E-state index in [0.717, 1.165) is 12.5 Å². The van der Waals surface area contributed by atoms with E-state index in [2.05, 4.69) is 38.1 Å². The Balaban J connectivity index is 2.05. The summed E-state index contributed by atoms with van der Waals surface area (Å²) in [6.07, 6.45) is 2.80. The third kappa shape index (κ3) is 2.16. The van der Waals surface area contributed by atoms with Crippen LogP contribution in [0, 0.1) is 12.8 Å². The fourth-order valence-electron chi connectivity index (χ4n) is 1.93. The largest absolute Gasteiger partial charge is 0.373 e. The fraction of sp³-hybridized carbons (Fsp3) is 0.538. The van der Waals surface area contributed by atoms with Crippen LogP contribution in [0.2, 0.25) is 0 Å². The van der Waals surface area contributed by atoms with Gasteiger partial charge in [0, 0.05) is 6.61 Å². The van der Waals surface area contributed by atoms with Gasteiger partial charge >= 0.3 is 0 Å². The molecular formula is C13H18O. The van der Waals surface area contributed by atoms with Crippen molar-refractivity contribution in [1.82, 2.24) is 0 Å². The Bertz CT molecular complexity index is 281. The lowest BCUT2D eigenvalue weighted by atomic mass is 9.95. The molecule has 1 aliphatic heterocycles. The highest BCUT2D eigenvalue weighted by molar-refractivity contribution is 5.23. The van der Waals surface area contributed by atoms with E-state index >= 15 is 0 Å². The smallest absolute Gasteiger partial charge is 0.0825 e. The van der Waals surface area contributed by atoms with Crippen LogP contribution in [0.4, 0.5) is 0 Å². The van der Waals surface area contributed by atoms with Crippen LogP contribution in [0.3, 0.4) is 0 Å². The van der Waals surface area contributed by atoms with Crippen molar-refractivity contribution in [2.45, 2.75) is 32.8 Å². The predicted molar refractivity (Wildman–Crippen MR) is 58.3 cm³/mol. The van der Waals surface area contributed by atoms with Crippen LogP contribution in [0.25, 0.3) is 0 Å². The molecule has 0 N–H and O–H groups in total. The summed E-state index contributed by atoms with van der Waals surface area (Å²) in [4.78, 5) is 0. The topological polar surface area (TPSA) is 9.23 Å². The summed E-state index contributed by atoms with van der Waals surface area (Å²) in [5.74, 6) is 0.733. The van der Waals surface area contributed by atoms with E-state index < -0.39 is 0 Å². The van der Waals surface area contributed by atoms with Gasteiger partial charge in [0.05, 0.1) is 6.10 Å². The normalized spacial score (nSPS) is 27.6. The van der Waals surface area contributed by atoms with E-state index in [1.165, 1.54) is 24.0 Å². The van der Waals surface area contributed by atoms with E-state index in [1.807, 2.05) is 0 Å². The average Bonchev–Trinajstić information content (AvgIpc) is 2.21. The van der Waals surface area contributed by atoms with Gasteiger partial charge in [-0.3, -0.25) is 0 Å². The van der Waals surface area contributed by atoms with Crippen LogP contribution in [0.15, 0.2) is 24.3 Å². The Morgan fingerprint density at radius 3 is 2.43 bits per heavy atom. The standard InChI is InChI=1S/C13H18O/c1-10-3-6-12(7-4-10)13-8-5-11(2)9-14-13/h3-4,6-7,11,13H,5,8-9H2,1-2H3/t11-,13?/m1/s1. The van der Waals surface area contributed by atoms with Crippen LogP contribution in [0.1, 0.15) is 37.0 Å². The molecule has 0 aliphatic carbocycles. The molecule has 1 aromatic rings. The third-order valence-electron chi connectivity index (χ3n) is 2.95. The lowest BCUT2D eigenvalue weighted by molar-refractivity contribution is -0.0123. The average molecular weight is 190 g/mol. The molecule has 0 amide bonds. The molecule has 0 radical (unpaired) electrons. The summed E-state index contributed by atoms with van der Waals surface area (Å²) >= 11 is 0. The molecule has 0 aromatic heterocycles. The molecule has 14 heavy (non-hydrogen) atoms. The van der Waals surface area contributed by atoms with Gasteiger partial charge in [-0.1, -0.05) is 36.8 Å². The SMILES string of the molecule is Cc1ccc(C2CC[C@@H](C)CO2)cc1. The Hall–Kier alpha value is -0.820. The lowest BCUT2D eigenvalue weighted by Gasteiger charge is -2.27. The molecule has 2 rings (SSSR count). The lowest BCUT2D eigenvalue weighted by Crippen LogP contribution is -2.18. The number of rotatable bonds is 1. The van der Waals surface area contributed by atoms with Gasteiger partial charge in [-0.2, -0.15) is 0 Å². The van der Waals surface area contributed by atoms with Gasteiger partial charge in [-0.15, -0.1) is 0 Å². The predicted octanol–water partition coefficient (Wildman–Crippen LogP) is 3.48. The maximum absolute atomic E-state index is 5.82. The van der Waals surface area contributed by atoms with E-state index in [0.29, 0.717) is 6.10 Å². The first-order valence-corrected chi connectivity index (χ1v) is 5.44. The molecule has 2 atom stereocenters. The highest BCUT2D eigenvalue weighted by Crippen LogP contribution is 2.30. The molecular weight excluding hydrogens is 172 g/mol. The van der Waals surface area contributed by atoms with Gasteiger partial charge in [0.25, 0.3) is 0 Å². The summed E-state index contributed by atoms with van der Waals surface area (Å²) in [5, 5.41) is 0. The zero-order valence-electron chi connectivity index (χ0n) is 8.99. The van der Waals surface area contributed by atoms with Gasteiger partial charge in [0.15, 0.2) is 0 Å². The second kappa shape index (κ2) is 4.14. The van der Waals surface area contributed by atoms with Gasteiger partial charge < -0.3 is 4.74 Å². The van der Waals surface area contributed by atoms with Crippen molar-refractivity contribution in [1.29, 1.82) is 0 Å². The first-order valence-electron chi connectivity index (χ1n) is 5.44. The van der Waals surface area contributed by atoms with Crippen molar-refractivity contribution in [2.75, 3.05) is 6.61 Å². The first-order chi connectivity index (χ1) is 6.75. The van der Waals surface area contributed by atoms with Crippen molar-refractivity contribution in [2.24, 2.45) is 5.92 Å². The number of benzene rings is 1. The van der Waals surface area contributed by atoms with E-state index in [1.54, 1.807) is 0 Å². The zero-order valence-corrected chi connectivity index (χ0v) is 8.99. The second-order valence-corrected chi connectivity index (χ2v) is 4.42. The Labute approximate surface area is 86.1 Å². The van der Waals surface area contributed by atoms with Crippen molar-refractivity contribution in [3.63, 3.8) is 0 Å². The number of aryl methyl sites for hydroxylation is 1. The number of ether oxygens (including phenoxy) is 1. The fourth-order valence-corrected chi connectivity index (χ4v) is 1.93. The summed E-state index contributed by atoms with van der Waals surface area (Å²) in [6, 6.07) is 8.71. The monoisotopic (exact) mass is 190 g/mol. The summed E-state index contributed by atoms with van der Waals surface area (Å²) < 4.78 is 5.82. The van der Waals surface area contributed by atoms with Gasteiger partial charge in [0.1, 0.15) is 0 Å². The van der Waals surface area contributed by atoms with Gasteiger partial charge in [-0.25, -0.2) is 0 Å². The van der Waals surface area contributed by atoms with Gasteiger partial charge in [0.2, 0.25) is 0 Å². The molecule has 0 spiro atoms. The molecule has 76 valence electrons. The highest BCUT2D eigenvalue weighted by Gasteiger charge is 2.19. The van der Waals surface area contributed by atoms with E-state index in [-0.39, 0.29) is 0 Å². The van der Waals surface area contributed by atoms with E-state index in [4.69, 9.17) is 4.74 Å². The number of hydrogen-bond donors (Lipinski definition) is 0. The molecule has 0 saturated carbocycles. The van der Waals surface area contributed by atoms with Crippen molar-refractivity contribution >= 4 is 0 Å². The molecule has 1 saturated heterocycles. The van der Waals surface area contributed by atoms with Crippen LogP contribution in [-0.4, -0.2) is 6.61 Å². The van der Waals surface area contributed by atoms with Gasteiger partial charge in [-0.05, 0) is 31.2 Å². The molecule has 1 heteroatoms. The van der Waals surface area contributed by atoms with Crippen LogP contribution < -0.4 is 0 Å². The maximum Gasteiger partial charge on any atom is 0.0825 e. The molecule has 1 aliphatic rings. The van der Waals surface area contributed by atoms with Crippen LogP contribution in [-0.2, 0) is 4.74 Å². The summed E-state index contributed by atoms with van der Waals surface area (Å²) in [7, 11) is 0. The summed E-state index contributed by atoms with van der Waals surface area (Å²) in [6.45, 7) is 5.29. The van der Waals surface area contributed by atoms with Crippen molar-refractivity contribution in [3.05, 3.63) is 35.4 Å². The second-order valence-electron chi connectivity index (χ2n) is 4.42. The maximum atomic E-state index is 5.82. The molecule has 1 aromatic carbocycles. The Morgan fingerprint density at radius 1 is 1.14 bits per heavy atom. The van der Waals surface area contributed by atoms with Crippen molar-refractivity contribution in [3.8, 4) is 0 Å². The molecule has 1 heterocycles. The first kappa shape index (κ1) is 9.72. The Morgan fingerprint density at radius 2 is 1.86 bits per heavy atom. The van der Waals surface area contributed by atoms with E-state index in [9.17, 15) is 0 Å². The van der Waals surface area contributed by atoms with Crippen molar-refractivity contribution < 1.29 is 4.74 Å². The van der Waals surface area contributed by atoms with Crippen LogP contribution >= 0.6 is 0 Å². The minimum absolute atomic E-state index is 0.340. The quantitative estimate of drug-likeness (QED) is 0.658. The third-order valence-corrected chi connectivity index (χ3v) is 2.95. The molecule has 1 unspecified atom stereocenters. The zero-order chi connectivity index (χ0) is 9.97.